The lowest BCUT2D eigenvalue weighted by Gasteiger charge is -2.10. The molecule has 2 rings (SSSR count). The van der Waals surface area contributed by atoms with E-state index in [2.05, 4.69) is 4.98 Å². The quantitative estimate of drug-likeness (QED) is 0.864. The topological polar surface area (TPSA) is 33.1 Å². The number of hydrogen-bond donors (Lipinski definition) is 1. The van der Waals surface area contributed by atoms with Crippen molar-refractivity contribution >= 4 is 11.3 Å². The first-order valence-electron chi connectivity index (χ1n) is 5.26. The molecule has 0 aliphatic rings. The van der Waals surface area contributed by atoms with Crippen LogP contribution in [0.15, 0.2) is 24.3 Å². The molecule has 0 fully saturated rings. The Morgan fingerprint density at radius 3 is 2.25 bits per heavy atom. The molecule has 0 saturated heterocycles. The summed E-state index contributed by atoms with van der Waals surface area (Å²) in [6.45, 7) is 5.94. The van der Waals surface area contributed by atoms with Gasteiger partial charge in [0.2, 0.25) is 0 Å². The normalized spacial score (nSPS) is 12.8. The van der Waals surface area contributed by atoms with Gasteiger partial charge >= 0.3 is 0 Å². The first-order chi connectivity index (χ1) is 7.56. The summed E-state index contributed by atoms with van der Waals surface area (Å²) in [5, 5.41) is 10.2. The van der Waals surface area contributed by atoms with E-state index in [0.717, 1.165) is 21.8 Å². The number of aliphatic hydroxyl groups excluding tert-OH is 1. The number of aliphatic hydroxyl groups is 1. The molecule has 0 amide bonds. The Morgan fingerprint density at radius 1 is 1.12 bits per heavy atom. The first-order valence-corrected chi connectivity index (χ1v) is 6.07. The highest BCUT2D eigenvalue weighted by atomic mass is 32.1. The van der Waals surface area contributed by atoms with Crippen LogP contribution < -0.4 is 0 Å². The van der Waals surface area contributed by atoms with Crippen molar-refractivity contribution in [3.05, 3.63) is 51.0 Å². The van der Waals surface area contributed by atoms with E-state index < -0.39 is 6.10 Å². The Bertz CT molecular complexity index is 484. The standard InChI is InChI=1S/C13H15NOS/c1-8-6-11(7-9(2)14-8)13(15)12-5-4-10(3)16-12/h4-7,13,15H,1-3H3. The minimum atomic E-state index is -0.529. The van der Waals surface area contributed by atoms with Gasteiger partial charge in [-0.15, -0.1) is 11.3 Å². The maximum absolute atomic E-state index is 10.2. The molecule has 0 saturated carbocycles. The number of aryl methyl sites for hydroxylation is 3. The molecule has 16 heavy (non-hydrogen) atoms. The molecular formula is C13H15NOS. The second-order valence-electron chi connectivity index (χ2n) is 4.03. The number of aromatic nitrogens is 1. The highest BCUT2D eigenvalue weighted by Crippen LogP contribution is 2.28. The van der Waals surface area contributed by atoms with Crippen molar-refractivity contribution in [1.82, 2.24) is 4.98 Å². The fourth-order valence-corrected chi connectivity index (χ4v) is 2.68. The molecule has 0 aliphatic heterocycles. The summed E-state index contributed by atoms with van der Waals surface area (Å²) in [6.07, 6.45) is -0.529. The van der Waals surface area contributed by atoms with E-state index in [1.807, 2.05) is 45.0 Å². The lowest BCUT2D eigenvalue weighted by atomic mass is 10.1. The Hall–Kier alpha value is -1.19. The highest BCUT2D eigenvalue weighted by Gasteiger charge is 2.13. The third-order valence-corrected chi connectivity index (χ3v) is 3.50. The Labute approximate surface area is 99.6 Å². The van der Waals surface area contributed by atoms with Crippen LogP contribution in [0.4, 0.5) is 0 Å². The Morgan fingerprint density at radius 2 is 1.75 bits per heavy atom. The summed E-state index contributed by atoms with van der Waals surface area (Å²) in [7, 11) is 0. The molecule has 0 bridgehead atoms. The van der Waals surface area contributed by atoms with E-state index in [1.54, 1.807) is 11.3 Å². The van der Waals surface area contributed by atoms with Crippen LogP contribution >= 0.6 is 11.3 Å². The minimum absolute atomic E-state index is 0.529. The summed E-state index contributed by atoms with van der Waals surface area (Å²) in [4.78, 5) is 6.52. The van der Waals surface area contributed by atoms with E-state index in [4.69, 9.17) is 0 Å². The van der Waals surface area contributed by atoms with Crippen LogP contribution in [-0.2, 0) is 0 Å². The van der Waals surface area contributed by atoms with Crippen molar-refractivity contribution in [2.75, 3.05) is 0 Å². The summed E-state index contributed by atoms with van der Waals surface area (Å²) in [5.41, 5.74) is 2.82. The molecule has 0 spiro atoms. The first kappa shape index (κ1) is 11.3. The Kier molecular flexibility index (Phi) is 3.08. The monoisotopic (exact) mass is 233 g/mol. The predicted molar refractivity (Wildman–Crippen MR) is 66.8 cm³/mol. The van der Waals surface area contributed by atoms with E-state index in [1.165, 1.54) is 4.88 Å². The number of thiophene rings is 1. The number of pyridine rings is 1. The van der Waals surface area contributed by atoms with Gasteiger partial charge in [0.05, 0.1) is 0 Å². The lowest BCUT2D eigenvalue weighted by Crippen LogP contribution is -1.99. The second-order valence-corrected chi connectivity index (χ2v) is 5.35. The van der Waals surface area contributed by atoms with E-state index in [-0.39, 0.29) is 0 Å². The van der Waals surface area contributed by atoms with Gasteiger partial charge in [-0.2, -0.15) is 0 Å². The van der Waals surface area contributed by atoms with Gasteiger partial charge in [0.15, 0.2) is 0 Å². The SMILES string of the molecule is Cc1cc(C(O)c2ccc(C)s2)cc(C)n1. The van der Waals surface area contributed by atoms with Crippen LogP contribution in [0.5, 0.6) is 0 Å². The molecule has 3 heteroatoms. The molecule has 2 aromatic rings. The minimum Gasteiger partial charge on any atom is -0.383 e. The zero-order chi connectivity index (χ0) is 11.7. The largest absolute Gasteiger partial charge is 0.383 e. The van der Waals surface area contributed by atoms with Gasteiger partial charge in [0.25, 0.3) is 0 Å². The summed E-state index contributed by atoms with van der Waals surface area (Å²) in [6, 6.07) is 7.89. The lowest BCUT2D eigenvalue weighted by molar-refractivity contribution is 0.224. The van der Waals surface area contributed by atoms with Crippen molar-refractivity contribution in [2.24, 2.45) is 0 Å². The van der Waals surface area contributed by atoms with Crippen LogP contribution in [0.3, 0.4) is 0 Å². The van der Waals surface area contributed by atoms with Gasteiger partial charge in [0.1, 0.15) is 6.10 Å². The second kappa shape index (κ2) is 4.36. The van der Waals surface area contributed by atoms with E-state index in [9.17, 15) is 5.11 Å². The number of rotatable bonds is 2. The molecule has 84 valence electrons. The van der Waals surface area contributed by atoms with E-state index >= 15 is 0 Å². The molecule has 2 nitrogen and oxygen atoms in total. The molecule has 0 aliphatic carbocycles. The zero-order valence-corrected chi connectivity index (χ0v) is 10.5. The third-order valence-electron chi connectivity index (χ3n) is 2.45. The average Bonchev–Trinajstić information content (AvgIpc) is 2.62. The maximum atomic E-state index is 10.2. The van der Waals surface area contributed by atoms with Gasteiger partial charge < -0.3 is 5.11 Å². The van der Waals surface area contributed by atoms with E-state index in [0.29, 0.717) is 0 Å². The predicted octanol–water partition coefficient (Wildman–Crippen LogP) is 3.15. The van der Waals surface area contributed by atoms with Crippen LogP contribution in [0, 0.1) is 20.8 Å². The molecule has 1 unspecified atom stereocenters. The Balaban J connectivity index is 2.37. The number of nitrogens with zero attached hydrogens (tertiary/aromatic N) is 1. The van der Waals surface area contributed by atoms with Gasteiger partial charge in [-0.3, -0.25) is 4.98 Å². The smallest absolute Gasteiger partial charge is 0.113 e. The third kappa shape index (κ3) is 2.31. The van der Waals surface area contributed by atoms with Crippen LogP contribution in [0.1, 0.15) is 32.8 Å². The zero-order valence-electron chi connectivity index (χ0n) is 9.69. The number of hydrogen-bond acceptors (Lipinski definition) is 3. The molecule has 1 atom stereocenters. The molecule has 2 aromatic heterocycles. The van der Waals surface area contributed by atoms with Crippen LogP contribution in [0.2, 0.25) is 0 Å². The molecule has 1 N–H and O–H groups in total. The van der Waals surface area contributed by atoms with Crippen molar-refractivity contribution < 1.29 is 5.11 Å². The summed E-state index contributed by atoms with van der Waals surface area (Å²) < 4.78 is 0. The van der Waals surface area contributed by atoms with Crippen molar-refractivity contribution in [2.45, 2.75) is 26.9 Å². The van der Waals surface area contributed by atoms with Gasteiger partial charge in [-0.25, -0.2) is 0 Å². The van der Waals surface area contributed by atoms with Crippen LogP contribution in [0.25, 0.3) is 0 Å². The van der Waals surface area contributed by atoms with Crippen molar-refractivity contribution in [3.8, 4) is 0 Å². The van der Waals surface area contributed by atoms with Crippen LogP contribution in [-0.4, -0.2) is 10.1 Å². The molecule has 0 radical (unpaired) electrons. The van der Waals surface area contributed by atoms with Crippen molar-refractivity contribution in [3.63, 3.8) is 0 Å². The summed E-state index contributed by atoms with van der Waals surface area (Å²) >= 11 is 1.63. The molecular weight excluding hydrogens is 218 g/mol. The van der Waals surface area contributed by atoms with Gasteiger partial charge in [0, 0.05) is 21.1 Å². The van der Waals surface area contributed by atoms with Crippen molar-refractivity contribution in [1.29, 1.82) is 0 Å². The van der Waals surface area contributed by atoms with Gasteiger partial charge in [-0.1, -0.05) is 0 Å². The maximum Gasteiger partial charge on any atom is 0.113 e. The highest BCUT2D eigenvalue weighted by molar-refractivity contribution is 7.12. The molecule has 2 heterocycles. The summed E-state index contributed by atoms with van der Waals surface area (Å²) in [5.74, 6) is 0. The fraction of sp³-hybridized carbons (Fsp3) is 0.308. The molecule has 0 aromatic carbocycles. The fourth-order valence-electron chi connectivity index (χ4n) is 1.79. The average molecular weight is 233 g/mol. The van der Waals surface area contributed by atoms with Gasteiger partial charge in [-0.05, 0) is 50.6 Å².